The molecule has 0 atom stereocenters. The number of nitrogens with zero attached hydrogens (tertiary/aromatic N) is 2. The smallest absolute Gasteiger partial charge is 0.417 e. The van der Waals surface area contributed by atoms with E-state index in [0.717, 1.165) is 0 Å². The second-order valence-corrected chi connectivity index (χ2v) is 4.49. The molecule has 20 heavy (non-hydrogen) atoms. The fourth-order valence-corrected chi connectivity index (χ4v) is 1.98. The first-order valence-electron chi connectivity index (χ1n) is 5.25. The van der Waals surface area contributed by atoms with Gasteiger partial charge in [0.1, 0.15) is 0 Å². The Morgan fingerprint density at radius 3 is 2.50 bits per heavy atom. The van der Waals surface area contributed by atoms with E-state index in [-0.39, 0.29) is 6.54 Å². The van der Waals surface area contributed by atoms with Crippen LogP contribution in [0.3, 0.4) is 0 Å². The Labute approximate surface area is 114 Å². The molecule has 0 radical (unpaired) electrons. The van der Waals surface area contributed by atoms with E-state index in [4.69, 9.17) is 11.1 Å². The molecule has 0 bridgehead atoms. The number of amidine groups is 1. The fourth-order valence-electron chi connectivity index (χ4n) is 1.42. The molecule has 0 aromatic carbocycles. The maximum Gasteiger partial charge on any atom is 0.435 e. The van der Waals surface area contributed by atoms with Crippen LogP contribution in [0.4, 0.5) is 22.0 Å². The number of aryl methyl sites for hydroxylation is 1. The average Bonchev–Trinajstić information content (AvgIpc) is 2.63. The lowest BCUT2D eigenvalue weighted by molar-refractivity contribution is -0.142. The summed E-state index contributed by atoms with van der Waals surface area (Å²) in [6, 6.07) is 0. The van der Waals surface area contributed by atoms with Crippen LogP contribution >= 0.6 is 11.8 Å². The molecule has 1 heterocycles. The first-order valence-corrected chi connectivity index (χ1v) is 6.23. The third-order valence-electron chi connectivity index (χ3n) is 2.14. The van der Waals surface area contributed by atoms with Gasteiger partial charge in [0.05, 0.1) is 5.56 Å². The third-order valence-corrected chi connectivity index (χ3v) is 2.88. The van der Waals surface area contributed by atoms with Crippen molar-refractivity contribution in [3.63, 3.8) is 0 Å². The number of alkyl halides is 5. The van der Waals surface area contributed by atoms with E-state index in [0.29, 0.717) is 16.4 Å². The lowest BCUT2D eigenvalue weighted by atomic mass is 10.2. The monoisotopic (exact) mass is 318 g/mol. The summed E-state index contributed by atoms with van der Waals surface area (Å²) < 4.78 is 67.9. The van der Waals surface area contributed by atoms with Gasteiger partial charge in [0.15, 0.2) is 10.9 Å². The normalized spacial score (nSPS) is 11.9. The maximum absolute atomic E-state index is 12.8. The molecular formula is C9H11F5N4OS. The molecule has 3 N–H and O–H groups in total. The number of hydrogen-bond donors (Lipinski definition) is 2. The van der Waals surface area contributed by atoms with Gasteiger partial charge in [-0.05, 0) is 6.92 Å². The standard InChI is InChI=1S/C9H11F5N4OS/c1-2-18-6(19-7(10)11)4(3-20-8(15)16)5(17-18)9(12,13)14/h7H,2-3H2,1H3,(H3,15,16). The predicted octanol–water partition coefficient (Wildman–Crippen LogP) is 2.65. The number of thioether (sulfide) groups is 1. The Morgan fingerprint density at radius 1 is 1.50 bits per heavy atom. The summed E-state index contributed by atoms with van der Waals surface area (Å²) in [6.07, 6.45) is -4.81. The molecule has 0 aliphatic heterocycles. The van der Waals surface area contributed by atoms with Gasteiger partial charge in [-0.15, -0.1) is 0 Å². The summed E-state index contributed by atoms with van der Waals surface area (Å²) in [6.45, 7) is -1.91. The van der Waals surface area contributed by atoms with Gasteiger partial charge in [-0.3, -0.25) is 5.41 Å². The zero-order valence-electron chi connectivity index (χ0n) is 10.2. The second kappa shape index (κ2) is 6.29. The van der Waals surface area contributed by atoms with Crippen molar-refractivity contribution in [3.8, 4) is 5.88 Å². The largest absolute Gasteiger partial charge is 0.435 e. The summed E-state index contributed by atoms with van der Waals surface area (Å²) in [7, 11) is 0. The number of aromatic nitrogens is 2. The average molecular weight is 318 g/mol. The number of nitrogens with one attached hydrogen (secondary N) is 1. The lowest BCUT2D eigenvalue weighted by Gasteiger charge is -2.09. The topological polar surface area (TPSA) is 76.9 Å². The summed E-state index contributed by atoms with van der Waals surface area (Å²) >= 11 is 0.563. The number of nitrogens with two attached hydrogens (primary N) is 1. The zero-order chi connectivity index (χ0) is 15.5. The molecule has 0 fully saturated rings. The number of rotatable bonds is 5. The van der Waals surface area contributed by atoms with Gasteiger partial charge in [-0.1, -0.05) is 11.8 Å². The van der Waals surface area contributed by atoms with Gasteiger partial charge in [-0.25, -0.2) is 4.68 Å². The van der Waals surface area contributed by atoms with Crippen molar-refractivity contribution in [2.45, 2.75) is 32.0 Å². The SMILES string of the molecule is CCn1nc(C(F)(F)F)c(CSC(=N)N)c1OC(F)F. The first kappa shape index (κ1) is 16.5. The van der Waals surface area contributed by atoms with Crippen LogP contribution in [-0.2, 0) is 18.5 Å². The van der Waals surface area contributed by atoms with Gasteiger partial charge in [0.25, 0.3) is 0 Å². The van der Waals surface area contributed by atoms with Crippen LogP contribution in [0.25, 0.3) is 0 Å². The van der Waals surface area contributed by atoms with Crippen molar-refractivity contribution in [1.82, 2.24) is 9.78 Å². The van der Waals surface area contributed by atoms with Crippen molar-refractivity contribution >= 4 is 16.9 Å². The van der Waals surface area contributed by atoms with Gasteiger partial charge < -0.3 is 10.5 Å². The second-order valence-electron chi connectivity index (χ2n) is 3.48. The van der Waals surface area contributed by atoms with Gasteiger partial charge in [0, 0.05) is 12.3 Å². The molecule has 0 amide bonds. The van der Waals surface area contributed by atoms with Crippen molar-refractivity contribution in [2.24, 2.45) is 5.73 Å². The summed E-state index contributed by atoms with van der Waals surface area (Å²) in [5.74, 6) is -1.10. The molecule has 0 saturated carbocycles. The number of halogens is 5. The lowest BCUT2D eigenvalue weighted by Crippen LogP contribution is -2.11. The molecule has 1 aromatic rings. The van der Waals surface area contributed by atoms with E-state index in [1.54, 1.807) is 0 Å². The molecule has 0 aliphatic carbocycles. The molecule has 0 saturated heterocycles. The maximum atomic E-state index is 12.8. The quantitative estimate of drug-likeness (QED) is 0.497. The highest BCUT2D eigenvalue weighted by Gasteiger charge is 2.40. The fraction of sp³-hybridized carbons (Fsp3) is 0.556. The molecule has 114 valence electrons. The third kappa shape index (κ3) is 3.99. The highest BCUT2D eigenvalue weighted by Crippen LogP contribution is 2.38. The highest BCUT2D eigenvalue weighted by molar-refractivity contribution is 8.13. The Bertz CT molecular complexity index is 487. The van der Waals surface area contributed by atoms with Gasteiger partial charge in [0.2, 0.25) is 5.88 Å². The van der Waals surface area contributed by atoms with Crippen LogP contribution in [0, 0.1) is 5.41 Å². The van der Waals surface area contributed by atoms with Crippen LogP contribution in [0.1, 0.15) is 18.2 Å². The minimum absolute atomic E-state index is 0.0735. The van der Waals surface area contributed by atoms with Crippen molar-refractivity contribution in [1.29, 1.82) is 5.41 Å². The van der Waals surface area contributed by atoms with Crippen molar-refractivity contribution < 1.29 is 26.7 Å². The van der Waals surface area contributed by atoms with Crippen LogP contribution in [0.15, 0.2) is 0 Å². The van der Waals surface area contributed by atoms with Crippen LogP contribution in [0.2, 0.25) is 0 Å². The molecule has 11 heteroatoms. The minimum atomic E-state index is -4.81. The first-order chi connectivity index (χ1) is 9.16. The van der Waals surface area contributed by atoms with E-state index >= 15 is 0 Å². The van der Waals surface area contributed by atoms with Gasteiger partial charge in [-0.2, -0.15) is 27.1 Å². The minimum Gasteiger partial charge on any atom is -0.417 e. The molecule has 1 aromatic heterocycles. The molecule has 0 spiro atoms. The van der Waals surface area contributed by atoms with E-state index < -0.39 is 40.8 Å². The Kier molecular flexibility index (Phi) is 5.20. The summed E-state index contributed by atoms with van der Waals surface area (Å²) in [4.78, 5) is 0. The Balaban J connectivity index is 3.29. The van der Waals surface area contributed by atoms with Gasteiger partial charge >= 0.3 is 12.8 Å². The number of ether oxygens (including phenoxy) is 1. The molecular weight excluding hydrogens is 307 g/mol. The Morgan fingerprint density at radius 2 is 2.10 bits per heavy atom. The predicted molar refractivity (Wildman–Crippen MR) is 62.7 cm³/mol. The molecule has 5 nitrogen and oxygen atoms in total. The van der Waals surface area contributed by atoms with Crippen molar-refractivity contribution in [2.75, 3.05) is 0 Å². The van der Waals surface area contributed by atoms with E-state index in [1.165, 1.54) is 6.92 Å². The zero-order valence-corrected chi connectivity index (χ0v) is 11.0. The summed E-state index contributed by atoms with van der Waals surface area (Å²) in [5, 5.41) is 9.78. The van der Waals surface area contributed by atoms with Crippen molar-refractivity contribution in [3.05, 3.63) is 11.3 Å². The van der Waals surface area contributed by atoms with Crippen LogP contribution < -0.4 is 10.5 Å². The van der Waals surface area contributed by atoms with Crippen LogP contribution in [0.5, 0.6) is 5.88 Å². The van der Waals surface area contributed by atoms with E-state index in [1.807, 2.05) is 0 Å². The molecule has 0 unspecified atom stereocenters. The van der Waals surface area contributed by atoms with E-state index in [9.17, 15) is 22.0 Å². The number of hydrogen-bond acceptors (Lipinski definition) is 4. The Hall–Kier alpha value is -1.52. The summed E-state index contributed by atoms with van der Waals surface area (Å²) in [5.41, 5.74) is 3.17. The van der Waals surface area contributed by atoms with Crippen LogP contribution in [-0.4, -0.2) is 21.6 Å². The molecule has 0 aliphatic rings. The van der Waals surface area contributed by atoms with E-state index in [2.05, 4.69) is 9.84 Å². The molecule has 1 rings (SSSR count). The highest BCUT2D eigenvalue weighted by atomic mass is 32.2.